The van der Waals surface area contributed by atoms with Crippen molar-refractivity contribution in [3.63, 3.8) is 0 Å². The first-order chi connectivity index (χ1) is 8.74. The predicted octanol–water partition coefficient (Wildman–Crippen LogP) is 2.74. The molecular weight excluding hydrogens is 222 g/mol. The Morgan fingerprint density at radius 2 is 2.28 bits per heavy atom. The van der Waals surface area contributed by atoms with Gasteiger partial charge >= 0.3 is 0 Å². The predicted molar refractivity (Wildman–Crippen MR) is 77.0 cm³/mol. The molecule has 3 heteroatoms. The van der Waals surface area contributed by atoms with E-state index in [0.29, 0.717) is 6.04 Å². The Morgan fingerprint density at radius 1 is 1.44 bits per heavy atom. The van der Waals surface area contributed by atoms with Crippen molar-refractivity contribution in [2.45, 2.75) is 52.1 Å². The number of aryl methyl sites for hydroxylation is 1. The van der Waals surface area contributed by atoms with Crippen molar-refractivity contribution in [1.29, 1.82) is 0 Å². The van der Waals surface area contributed by atoms with Crippen LogP contribution in [-0.4, -0.2) is 24.6 Å². The maximum atomic E-state index is 4.84. The van der Waals surface area contributed by atoms with Gasteiger partial charge in [0.1, 0.15) is 5.82 Å². The second-order valence-corrected chi connectivity index (χ2v) is 5.29. The van der Waals surface area contributed by atoms with Crippen LogP contribution in [0.25, 0.3) is 0 Å². The molecule has 1 N–H and O–H groups in total. The van der Waals surface area contributed by atoms with Gasteiger partial charge in [0.05, 0.1) is 0 Å². The van der Waals surface area contributed by atoms with Gasteiger partial charge in [-0.2, -0.15) is 0 Å². The Balaban J connectivity index is 2.27. The molecule has 0 bridgehead atoms. The zero-order chi connectivity index (χ0) is 13.0. The van der Waals surface area contributed by atoms with E-state index in [0.717, 1.165) is 25.9 Å². The van der Waals surface area contributed by atoms with Crippen molar-refractivity contribution in [3.05, 3.63) is 23.4 Å². The van der Waals surface area contributed by atoms with Gasteiger partial charge in [-0.05, 0) is 50.9 Å². The average Bonchev–Trinajstić information content (AvgIpc) is 2.76. The first-order valence-corrected chi connectivity index (χ1v) is 7.15. The Kier molecular flexibility index (Phi) is 4.59. The van der Waals surface area contributed by atoms with E-state index in [4.69, 9.17) is 4.98 Å². The molecule has 2 heterocycles. The number of hydrogen-bond acceptors (Lipinski definition) is 3. The van der Waals surface area contributed by atoms with Crippen LogP contribution in [0.4, 0.5) is 5.82 Å². The minimum Gasteiger partial charge on any atom is -0.354 e. The van der Waals surface area contributed by atoms with Gasteiger partial charge in [0.25, 0.3) is 0 Å². The Morgan fingerprint density at radius 3 is 2.89 bits per heavy atom. The van der Waals surface area contributed by atoms with Crippen LogP contribution in [0, 0.1) is 0 Å². The summed E-state index contributed by atoms with van der Waals surface area (Å²) < 4.78 is 0. The highest BCUT2D eigenvalue weighted by Gasteiger charge is 2.22. The molecule has 0 radical (unpaired) electrons. The Labute approximate surface area is 111 Å². The molecule has 1 aliphatic heterocycles. The molecule has 0 spiro atoms. The topological polar surface area (TPSA) is 28.2 Å². The van der Waals surface area contributed by atoms with E-state index in [-0.39, 0.29) is 0 Å². The second-order valence-electron chi connectivity index (χ2n) is 5.29. The van der Waals surface area contributed by atoms with Gasteiger partial charge in [-0.25, -0.2) is 4.98 Å². The smallest absolute Gasteiger partial charge is 0.129 e. The number of pyridine rings is 1. The van der Waals surface area contributed by atoms with Gasteiger partial charge in [-0.15, -0.1) is 0 Å². The van der Waals surface area contributed by atoms with E-state index < -0.39 is 0 Å². The maximum Gasteiger partial charge on any atom is 0.129 e. The number of nitrogens with one attached hydrogen (secondary N) is 1. The molecule has 0 aromatic carbocycles. The van der Waals surface area contributed by atoms with Crippen LogP contribution in [0.5, 0.6) is 0 Å². The molecule has 1 unspecified atom stereocenters. The number of anilines is 1. The van der Waals surface area contributed by atoms with Crippen LogP contribution in [0.15, 0.2) is 12.1 Å². The number of hydrogen-bond donors (Lipinski definition) is 1. The summed E-state index contributed by atoms with van der Waals surface area (Å²) in [6, 6.07) is 5.12. The standard InChI is InChI=1S/C15H25N3/c1-4-6-14-9-13(11-16-3)10-15(17-14)18-8-5-7-12(18)2/h9-10,12,16H,4-8,11H2,1-3H3. The second kappa shape index (κ2) is 6.19. The highest BCUT2D eigenvalue weighted by molar-refractivity contribution is 5.44. The molecule has 1 saturated heterocycles. The molecule has 2 rings (SSSR count). The zero-order valence-corrected chi connectivity index (χ0v) is 11.9. The lowest BCUT2D eigenvalue weighted by Crippen LogP contribution is -2.27. The number of rotatable bonds is 5. The van der Waals surface area contributed by atoms with Gasteiger partial charge in [0, 0.05) is 24.8 Å². The molecule has 0 saturated carbocycles. The summed E-state index contributed by atoms with van der Waals surface area (Å²) in [5.41, 5.74) is 2.59. The van der Waals surface area contributed by atoms with Gasteiger partial charge in [0.15, 0.2) is 0 Å². The summed E-state index contributed by atoms with van der Waals surface area (Å²) >= 11 is 0. The van der Waals surface area contributed by atoms with E-state index >= 15 is 0 Å². The molecule has 100 valence electrons. The highest BCUT2D eigenvalue weighted by atomic mass is 15.2. The van der Waals surface area contributed by atoms with Crippen molar-refractivity contribution in [3.8, 4) is 0 Å². The van der Waals surface area contributed by atoms with E-state index in [2.05, 4.69) is 36.2 Å². The molecule has 1 aromatic heterocycles. The van der Waals surface area contributed by atoms with Gasteiger partial charge < -0.3 is 10.2 Å². The fourth-order valence-corrected chi connectivity index (χ4v) is 2.74. The first-order valence-electron chi connectivity index (χ1n) is 7.15. The van der Waals surface area contributed by atoms with Crippen LogP contribution in [0.2, 0.25) is 0 Å². The summed E-state index contributed by atoms with van der Waals surface area (Å²) in [6.07, 6.45) is 4.82. The third kappa shape index (κ3) is 3.02. The quantitative estimate of drug-likeness (QED) is 0.867. The van der Waals surface area contributed by atoms with Crippen LogP contribution in [0.3, 0.4) is 0 Å². The van der Waals surface area contributed by atoms with Crippen molar-refractivity contribution >= 4 is 5.82 Å². The minimum atomic E-state index is 0.636. The van der Waals surface area contributed by atoms with Crippen molar-refractivity contribution in [1.82, 2.24) is 10.3 Å². The molecule has 1 aliphatic rings. The molecular formula is C15H25N3. The number of nitrogens with zero attached hydrogens (tertiary/aromatic N) is 2. The Bertz CT molecular complexity index is 365. The molecule has 0 aliphatic carbocycles. The number of aromatic nitrogens is 1. The van der Waals surface area contributed by atoms with Crippen LogP contribution < -0.4 is 10.2 Å². The average molecular weight is 247 g/mol. The SMILES string of the molecule is CCCc1cc(CNC)cc(N2CCCC2C)n1. The van der Waals surface area contributed by atoms with Gasteiger partial charge in [0.2, 0.25) is 0 Å². The zero-order valence-electron chi connectivity index (χ0n) is 11.9. The van der Waals surface area contributed by atoms with E-state index in [1.807, 2.05) is 7.05 Å². The monoisotopic (exact) mass is 247 g/mol. The van der Waals surface area contributed by atoms with E-state index in [1.165, 1.54) is 29.9 Å². The van der Waals surface area contributed by atoms with Crippen LogP contribution >= 0.6 is 0 Å². The van der Waals surface area contributed by atoms with Crippen molar-refractivity contribution in [2.75, 3.05) is 18.5 Å². The summed E-state index contributed by atoms with van der Waals surface area (Å²) in [5, 5.41) is 3.24. The van der Waals surface area contributed by atoms with Crippen LogP contribution in [0.1, 0.15) is 44.4 Å². The van der Waals surface area contributed by atoms with Gasteiger partial charge in [-0.1, -0.05) is 13.3 Å². The fourth-order valence-electron chi connectivity index (χ4n) is 2.74. The van der Waals surface area contributed by atoms with Crippen molar-refractivity contribution in [2.24, 2.45) is 0 Å². The molecule has 1 aromatic rings. The fraction of sp³-hybridized carbons (Fsp3) is 0.667. The lowest BCUT2D eigenvalue weighted by Gasteiger charge is -2.24. The third-order valence-corrected chi connectivity index (χ3v) is 3.66. The van der Waals surface area contributed by atoms with Crippen molar-refractivity contribution < 1.29 is 0 Å². The molecule has 1 fully saturated rings. The first kappa shape index (κ1) is 13.3. The summed E-state index contributed by atoms with van der Waals surface area (Å²) in [4.78, 5) is 7.29. The van der Waals surface area contributed by atoms with Crippen LogP contribution in [-0.2, 0) is 13.0 Å². The van der Waals surface area contributed by atoms with Gasteiger partial charge in [-0.3, -0.25) is 0 Å². The summed E-state index contributed by atoms with van der Waals surface area (Å²) in [7, 11) is 2.00. The summed E-state index contributed by atoms with van der Waals surface area (Å²) in [5.74, 6) is 1.18. The highest BCUT2D eigenvalue weighted by Crippen LogP contribution is 2.25. The molecule has 1 atom stereocenters. The molecule has 3 nitrogen and oxygen atoms in total. The summed E-state index contributed by atoms with van der Waals surface area (Å²) in [6.45, 7) is 6.60. The normalized spacial score (nSPS) is 19.5. The van der Waals surface area contributed by atoms with E-state index in [9.17, 15) is 0 Å². The Hall–Kier alpha value is -1.09. The molecule has 0 amide bonds. The minimum absolute atomic E-state index is 0.636. The lowest BCUT2D eigenvalue weighted by atomic mass is 10.1. The largest absolute Gasteiger partial charge is 0.354 e. The maximum absolute atomic E-state index is 4.84. The molecule has 18 heavy (non-hydrogen) atoms. The lowest BCUT2D eigenvalue weighted by molar-refractivity contribution is 0.720. The van der Waals surface area contributed by atoms with E-state index in [1.54, 1.807) is 0 Å². The third-order valence-electron chi connectivity index (χ3n) is 3.66.